The molecule has 0 aromatic heterocycles. The molecule has 0 fully saturated rings. The van der Waals surface area contributed by atoms with Crippen molar-refractivity contribution in [3.05, 3.63) is 35.9 Å². The zero-order chi connectivity index (χ0) is 22.0. The molecule has 0 unspecified atom stereocenters. The summed E-state index contributed by atoms with van der Waals surface area (Å²) in [6.45, 7) is 0.956. The first-order chi connectivity index (χ1) is 13.8. The Hall–Kier alpha value is -3.43. The molecule has 0 radical (unpaired) electrons. The van der Waals surface area contributed by atoms with Crippen LogP contribution in [0.2, 0.25) is 0 Å². The van der Waals surface area contributed by atoms with Crippen LogP contribution < -0.4 is 10.6 Å². The average molecular weight is 408 g/mol. The Bertz CT molecular complexity index is 734. The molecular weight excluding hydrogens is 384 g/mol. The minimum atomic E-state index is -1.46. The Morgan fingerprint density at radius 2 is 1.38 bits per heavy atom. The smallest absolute Gasteiger partial charge is 0.328 e. The summed E-state index contributed by atoms with van der Waals surface area (Å²) < 4.78 is 13.8. The van der Waals surface area contributed by atoms with Gasteiger partial charge in [-0.2, -0.15) is 0 Å². The molecule has 0 saturated carbocycles. The lowest BCUT2D eigenvalue weighted by Gasteiger charge is -2.27. The van der Waals surface area contributed by atoms with E-state index < -0.39 is 54.1 Å². The SMILES string of the molecule is COC(=O)C(C(=O)OC)[C@@H](C)[C@H](NC(=O)CNC(=O)c1ccccc1)C(=O)OC. The number of amides is 2. The topological polar surface area (TPSA) is 137 Å². The van der Waals surface area contributed by atoms with Crippen LogP contribution in [-0.4, -0.2) is 63.6 Å². The molecule has 2 N–H and O–H groups in total. The van der Waals surface area contributed by atoms with Gasteiger partial charge in [0.25, 0.3) is 5.91 Å². The van der Waals surface area contributed by atoms with Gasteiger partial charge in [-0.25, -0.2) is 4.79 Å². The van der Waals surface area contributed by atoms with Crippen LogP contribution in [-0.2, 0) is 33.4 Å². The summed E-state index contributed by atoms with van der Waals surface area (Å²) >= 11 is 0. The number of hydrogen-bond donors (Lipinski definition) is 2. The van der Waals surface area contributed by atoms with Crippen LogP contribution in [0, 0.1) is 11.8 Å². The summed E-state index contributed by atoms with van der Waals surface area (Å²) in [6, 6.07) is 6.87. The van der Waals surface area contributed by atoms with Crippen molar-refractivity contribution in [2.75, 3.05) is 27.9 Å². The van der Waals surface area contributed by atoms with Crippen molar-refractivity contribution in [3.63, 3.8) is 0 Å². The summed E-state index contributed by atoms with van der Waals surface area (Å²) in [5.41, 5.74) is 0.356. The molecule has 0 aliphatic rings. The fraction of sp³-hybridized carbons (Fsp3) is 0.421. The fourth-order valence-corrected chi connectivity index (χ4v) is 2.58. The highest BCUT2D eigenvalue weighted by molar-refractivity contribution is 5.98. The molecule has 2 atom stereocenters. The molecule has 2 amide bonds. The lowest BCUT2D eigenvalue weighted by Crippen LogP contribution is -2.52. The number of esters is 3. The highest BCUT2D eigenvalue weighted by Crippen LogP contribution is 2.20. The van der Waals surface area contributed by atoms with Crippen molar-refractivity contribution in [1.82, 2.24) is 10.6 Å². The van der Waals surface area contributed by atoms with Gasteiger partial charge in [0.05, 0.1) is 27.9 Å². The van der Waals surface area contributed by atoms with Crippen LogP contribution in [0.4, 0.5) is 0 Å². The minimum Gasteiger partial charge on any atom is -0.468 e. The minimum absolute atomic E-state index is 0.356. The van der Waals surface area contributed by atoms with Crippen molar-refractivity contribution in [2.45, 2.75) is 13.0 Å². The predicted molar refractivity (Wildman–Crippen MR) is 99.4 cm³/mol. The number of ether oxygens (including phenoxy) is 3. The third-order valence-electron chi connectivity index (χ3n) is 4.18. The largest absolute Gasteiger partial charge is 0.468 e. The molecule has 158 valence electrons. The molecule has 0 spiro atoms. The lowest BCUT2D eigenvalue weighted by atomic mass is 9.87. The molecule has 0 bridgehead atoms. The highest BCUT2D eigenvalue weighted by Gasteiger charge is 2.42. The second-order valence-corrected chi connectivity index (χ2v) is 6.00. The number of rotatable bonds is 9. The Morgan fingerprint density at radius 3 is 1.86 bits per heavy atom. The van der Waals surface area contributed by atoms with E-state index in [1.54, 1.807) is 30.3 Å². The van der Waals surface area contributed by atoms with Crippen molar-refractivity contribution in [3.8, 4) is 0 Å². The molecule has 1 aromatic carbocycles. The number of methoxy groups -OCH3 is 3. The number of carbonyl (C=O) groups excluding carboxylic acids is 5. The molecule has 0 saturated heterocycles. The molecule has 1 rings (SSSR count). The van der Waals surface area contributed by atoms with Gasteiger partial charge in [0.2, 0.25) is 5.91 Å². The number of benzene rings is 1. The number of hydrogen-bond acceptors (Lipinski definition) is 8. The molecule has 1 aromatic rings. The molecular formula is C19H24N2O8. The average Bonchev–Trinajstić information content (AvgIpc) is 2.75. The van der Waals surface area contributed by atoms with Gasteiger partial charge < -0.3 is 24.8 Å². The summed E-state index contributed by atoms with van der Waals surface area (Å²) in [7, 11) is 3.25. The van der Waals surface area contributed by atoms with Crippen LogP contribution in [0.1, 0.15) is 17.3 Å². The maximum absolute atomic E-state index is 12.2. The van der Waals surface area contributed by atoms with Gasteiger partial charge >= 0.3 is 17.9 Å². The van der Waals surface area contributed by atoms with E-state index in [1.807, 2.05) is 0 Å². The predicted octanol–water partition coefficient (Wildman–Crippen LogP) is -0.327. The van der Waals surface area contributed by atoms with E-state index in [-0.39, 0.29) is 0 Å². The Morgan fingerprint density at radius 1 is 0.862 bits per heavy atom. The standard InChI is InChI=1S/C19H24N2O8/c1-11(14(17(24)27-2)18(25)28-3)15(19(26)29-4)21-13(22)10-20-16(23)12-8-6-5-7-9-12/h5-9,11,14-15H,10H2,1-4H3,(H,20,23)(H,21,22)/t11-,15+/m1/s1. The Labute approximate surface area is 167 Å². The van der Waals surface area contributed by atoms with Gasteiger partial charge in [-0.15, -0.1) is 0 Å². The summed E-state index contributed by atoms with van der Waals surface area (Å²) in [4.78, 5) is 60.4. The van der Waals surface area contributed by atoms with Gasteiger partial charge in [-0.3, -0.25) is 19.2 Å². The molecule has 0 aliphatic heterocycles. The van der Waals surface area contributed by atoms with E-state index in [4.69, 9.17) is 0 Å². The number of carbonyl (C=O) groups is 5. The normalized spacial score (nSPS) is 12.3. The first-order valence-electron chi connectivity index (χ1n) is 8.62. The van der Waals surface area contributed by atoms with E-state index in [1.165, 1.54) is 6.92 Å². The second-order valence-electron chi connectivity index (χ2n) is 6.00. The molecule has 0 heterocycles. The fourth-order valence-electron chi connectivity index (χ4n) is 2.58. The first-order valence-corrected chi connectivity index (χ1v) is 8.62. The van der Waals surface area contributed by atoms with E-state index >= 15 is 0 Å². The van der Waals surface area contributed by atoms with Crippen LogP contribution in [0.5, 0.6) is 0 Å². The summed E-state index contributed by atoms with van der Waals surface area (Å²) in [6.07, 6.45) is 0. The molecule has 29 heavy (non-hydrogen) atoms. The summed E-state index contributed by atoms with van der Waals surface area (Å²) in [5, 5.41) is 4.78. The van der Waals surface area contributed by atoms with E-state index in [0.717, 1.165) is 21.3 Å². The van der Waals surface area contributed by atoms with Gasteiger partial charge in [0.1, 0.15) is 6.04 Å². The van der Waals surface area contributed by atoms with Crippen LogP contribution >= 0.6 is 0 Å². The number of nitrogens with one attached hydrogen (secondary N) is 2. The third-order valence-corrected chi connectivity index (χ3v) is 4.18. The molecule has 0 aliphatic carbocycles. The van der Waals surface area contributed by atoms with Gasteiger partial charge in [0, 0.05) is 11.5 Å². The molecule has 10 heteroatoms. The Kier molecular flexibility index (Phi) is 9.30. The van der Waals surface area contributed by atoms with Crippen molar-refractivity contribution in [2.24, 2.45) is 11.8 Å². The summed E-state index contributed by atoms with van der Waals surface area (Å²) in [5.74, 6) is -6.44. The maximum Gasteiger partial charge on any atom is 0.328 e. The quantitative estimate of drug-likeness (QED) is 0.322. The van der Waals surface area contributed by atoms with E-state index in [2.05, 4.69) is 24.8 Å². The van der Waals surface area contributed by atoms with Crippen molar-refractivity contribution in [1.29, 1.82) is 0 Å². The van der Waals surface area contributed by atoms with E-state index in [0.29, 0.717) is 5.56 Å². The highest BCUT2D eigenvalue weighted by atomic mass is 16.5. The first kappa shape index (κ1) is 23.6. The van der Waals surface area contributed by atoms with Gasteiger partial charge in [0.15, 0.2) is 5.92 Å². The van der Waals surface area contributed by atoms with E-state index in [9.17, 15) is 24.0 Å². The van der Waals surface area contributed by atoms with Crippen LogP contribution in [0.25, 0.3) is 0 Å². The lowest BCUT2D eigenvalue weighted by molar-refractivity contribution is -0.163. The monoisotopic (exact) mass is 408 g/mol. The van der Waals surface area contributed by atoms with Crippen LogP contribution in [0.3, 0.4) is 0 Å². The van der Waals surface area contributed by atoms with Crippen molar-refractivity contribution >= 4 is 29.7 Å². The second kappa shape index (κ2) is 11.4. The van der Waals surface area contributed by atoms with Gasteiger partial charge in [-0.1, -0.05) is 25.1 Å². The van der Waals surface area contributed by atoms with Gasteiger partial charge in [-0.05, 0) is 12.1 Å². The zero-order valence-electron chi connectivity index (χ0n) is 16.6. The molecule has 10 nitrogen and oxygen atoms in total. The zero-order valence-corrected chi connectivity index (χ0v) is 16.6. The third kappa shape index (κ3) is 6.59. The Balaban J connectivity index is 2.87. The van der Waals surface area contributed by atoms with Crippen molar-refractivity contribution < 1.29 is 38.2 Å². The van der Waals surface area contributed by atoms with Crippen LogP contribution in [0.15, 0.2) is 30.3 Å². The maximum atomic E-state index is 12.2.